The predicted molar refractivity (Wildman–Crippen MR) is 41.0 cm³/mol. The summed E-state index contributed by atoms with van der Waals surface area (Å²) in [7, 11) is 0. The smallest absolute Gasteiger partial charge is 0.368 e. The van der Waals surface area contributed by atoms with E-state index in [1.165, 1.54) is 12.3 Å². The molecule has 1 rings (SSSR count). The normalized spacial score (nSPS) is 11.3. The van der Waals surface area contributed by atoms with Crippen molar-refractivity contribution in [2.45, 2.75) is 6.18 Å². The largest absolute Gasteiger partial charge is 0.405 e. The molecule has 1 heterocycles. The van der Waals surface area contributed by atoms with Crippen molar-refractivity contribution in [3.8, 4) is 0 Å². The van der Waals surface area contributed by atoms with Gasteiger partial charge in [-0.2, -0.15) is 18.2 Å². The highest BCUT2D eigenvalue weighted by molar-refractivity contribution is 5.37. The van der Waals surface area contributed by atoms with Crippen LogP contribution in [-0.2, 0) is 0 Å². The van der Waals surface area contributed by atoms with E-state index < -0.39 is 12.7 Å². The zero-order chi connectivity index (χ0) is 9.90. The Bertz CT molecular complexity index is 285. The maximum Gasteiger partial charge on any atom is 0.405 e. The molecule has 0 amide bonds. The number of hydrogen-bond acceptors (Lipinski definition) is 4. The van der Waals surface area contributed by atoms with Crippen LogP contribution in [0.1, 0.15) is 0 Å². The number of hydrogen-bond donors (Lipinski definition) is 2. The summed E-state index contributed by atoms with van der Waals surface area (Å²) in [5.74, 6) is -0.00278. The van der Waals surface area contributed by atoms with Crippen LogP contribution in [0, 0.1) is 0 Å². The van der Waals surface area contributed by atoms with Gasteiger partial charge in [0.25, 0.3) is 0 Å². The molecular formula is C6H7F3N4. The number of nitrogen functional groups attached to an aromatic ring is 1. The van der Waals surface area contributed by atoms with Crippen LogP contribution in [0.4, 0.5) is 24.9 Å². The van der Waals surface area contributed by atoms with Crippen molar-refractivity contribution in [1.82, 2.24) is 9.97 Å². The van der Waals surface area contributed by atoms with Gasteiger partial charge in [0.15, 0.2) is 0 Å². The molecular weight excluding hydrogens is 185 g/mol. The minimum atomic E-state index is -4.26. The fourth-order valence-electron chi connectivity index (χ4n) is 0.663. The van der Waals surface area contributed by atoms with Crippen molar-refractivity contribution in [1.29, 1.82) is 0 Å². The highest BCUT2D eigenvalue weighted by Crippen LogP contribution is 2.15. The lowest BCUT2D eigenvalue weighted by Crippen LogP contribution is -2.21. The van der Waals surface area contributed by atoms with Crippen LogP contribution in [0.25, 0.3) is 0 Å². The summed E-state index contributed by atoms with van der Waals surface area (Å²) in [6, 6.07) is 1.31. The number of nitrogens with two attached hydrogens (primary N) is 1. The number of rotatable bonds is 2. The number of halogens is 3. The fourth-order valence-corrected chi connectivity index (χ4v) is 0.663. The standard InChI is InChI=1S/C6H7F3N4/c7-6(8,9)3-12-4-1-2-11-5(10)13-4/h1-2H,3H2,(H3,10,11,12,13). The van der Waals surface area contributed by atoms with Gasteiger partial charge in [-0.15, -0.1) is 0 Å². The summed E-state index contributed by atoms with van der Waals surface area (Å²) in [5.41, 5.74) is 5.15. The second kappa shape index (κ2) is 3.46. The Kier molecular flexibility index (Phi) is 2.54. The van der Waals surface area contributed by atoms with Crippen LogP contribution in [0.3, 0.4) is 0 Å². The predicted octanol–water partition coefficient (Wildman–Crippen LogP) is 1.03. The first-order valence-electron chi connectivity index (χ1n) is 3.36. The molecule has 0 unspecified atom stereocenters. The van der Waals surface area contributed by atoms with Crippen molar-refractivity contribution in [3.05, 3.63) is 12.3 Å². The molecule has 13 heavy (non-hydrogen) atoms. The summed E-state index contributed by atoms with van der Waals surface area (Å²) in [6.07, 6.45) is -2.99. The molecule has 0 atom stereocenters. The highest BCUT2D eigenvalue weighted by atomic mass is 19.4. The Morgan fingerprint density at radius 2 is 2.15 bits per heavy atom. The van der Waals surface area contributed by atoms with Gasteiger partial charge in [0, 0.05) is 6.20 Å². The summed E-state index contributed by atoms with van der Waals surface area (Å²) in [4.78, 5) is 7.06. The van der Waals surface area contributed by atoms with E-state index in [1.54, 1.807) is 0 Å². The van der Waals surface area contributed by atoms with Crippen molar-refractivity contribution < 1.29 is 13.2 Å². The maximum atomic E-state index is 11.7. The van der Waals surface area contributed by atoms with E-state index in [1.807, 2.05) is 0 Å². The van der Waals surface area contributed by atoms with Gasteiger partial charge in [-0.05, 0) is 6.07 Å². The first-order chi connectivity index (χ1) is 5.97. The summed E-state index contributed by atoms with van der Waals surface area (Å²) < 4.78 is 35.1. The number of aromatic nitrogens is 2. The summed E-state index contributed by atoms with van der Waals surface area (Å²) in [5, 5.41) is 2.07. The lowest BCUT2D eigenvalue weighted by Gasteiger charge is -2.08. The maximum absolute atomic E-state index is 11.7. The molecule has 0 radical (unpaired) electrons. The third-order valence-electron chi connectivity index (χ3n) is 1.14. The Hall–Kier alpha value is -1.53. The van der Waals surface area contributed by atoms with Crippen LogP contribution in [0.15, 0.2) is 12.3 Å². The van der Waals surface area contributed by atoms with Crippen LogP contribution in [0.5, 0.6) is 0 Å². The molecule has 7 heteroatoms. The zero-order valence-electron chi connectivity index (χ0n) is 6.47. The molecule has 0 saturated heterocycles. The van der Waals surface area contributed by atoms with Gasteiger partial charge in [-0.25, -0.2) is 4.98 Å². The van der Waals surface area contributed by atoms with Gasteiger partial charge in [-0.1, -0.05) is 0 Å². The van der Waals surface area contributed by atoms with E-state index in [-0.39, 0.29) is 11.8 Å². The number of alkyl halides is 3. The molecule has 0 aliphatic carbocycles. The Morgan fingerprint density at radius 1 is 1.46 bits per heavy atom. The molecule has 0 bridgehead atoms. The van der Waals surface area contributed by atoms with E-state index in [9.17, 15) is 13.2 Å². The van der Waals surface area contributed by atoms with Gasteiger partial charge in [0.1, 0.15) is 12.4 Å². The second-order valence-electron chi connectivity index (χ2n) is 2.27. The van der Waals surface area contributed by atoms with Gasteiger partial charge in [-0.3, -0.25) is 0 Å². The Balaban J connectivity index is 2.55. The second-order valence-corrected chi connectivity index (χ2v) is 2.27. The molecule has 0 fully saturated rings. The monoisotopic (exact) mass is 192 g/mol. The average Bonchev–Trinajstić information content (AvgIpc) is 2.00. The molecule has 1 aromatic rings. The third kappa shape index (κ3) is 3.59. The van der Waals surface area contributed by atoms with Crippen molar-refractivity contribution in [2.24, 2.45) is 0 Å². The van der Waals surface area contributed by atoms with E-state index in [2.05, 4.69) is 15.3 Å². The topological polar surface area (TPSA) is 63.8 Å². The molecule has 1 aromatic heterocycles. The minimum Gasteiger partial charge on any atom is -0.368 e. The van der Waals surface area contributed by atoms with Crippen molar-refractivity contribution in [3.63, 3.8) is 0 Å². The molecule has 3 N–H and O–H groups in total. The Labute approximate surface area is 72.0 Å². The van der Waals surface area contributed by atoms with Gasteiger partial charge in [0.2, 0.25) is 5.95 Å². The summed E-state index contributed by atoms with van der Waals surface area (Å²) in [6.45, 7) is -1.14. The molecule has 0 aliphatic heterocycles. The Morgan fingerprint density at radius 3 is 2.69 bits per heavy atom. The third-order valence-corrected chi connectivity index (χ3v) is 1.14. The highest BCUT2D eigenvalue weighted by Gasteiger charge is 2.26. The van der Waals surface area contributed by atoms with E-state index in [4.69, 9.17) is 5.73 Å². The molecule has 0 aromatic carbocycles. The van der Waals surface area contributed by atoms with Gasteiger partial charge in [0.05, 0.1) is 0 Å². The quantitative estimate of drug-likeness (QED) is 0.734. The van der Waals surface area contributed by atoms with Crippen LogP contribution in [-0.4, -0.2) is 22.7 Å². The van der Waals surface area contributed by atoms with E-state index in [0.29, 0.717) is 0 Å². The number of nitrogens with zero attached hydrogens (tertiary/aromatic N) is 2. The SMILES string of the molecule is Nc1nccc(NCC(F)(F)F)n1. The van der Waals surface area contributed by atoms with E-state index >= 15 is 0 Å². The lowest BCUT2D eigenvalue weighted by atomic mass is 10.5. The number of anilines is 2. The fraction of sp³-hybridized carbons (Fsp3) is 0.333. The number of nitrogens with one attached hydrogen (secondary N) is 1. The van der Waals surface area contributed by atoms with Crippen molar-refractivity contribution in [2.75, 3.05) is 17.6 Å². The average molecular weight is 192 g/mol. The zero-order valence-corrected chi connectivity index (χ0v) is 6.47. The van der Waals surface area contributed by atoms with E-state index in [0.717, 1.165) is 0 Å². The molecule has 4 nitrogen and oxygen atoms in total. The first kappa shape index (κ1) is 9.56. The van der Waals surface area contributed by atoms with Crippen LogP contribution in [0.2, 0.25) is 0 Å². The minimum absolute atomic E-state index is 0.0600. The lowest BCUT2D eigenvalue weighted by molar-refractivity contribution is -0.115. The van der Waals surface area contributed by atoms with Gasteiger partial charge < -0.3 is 11.1 Å². The van der Waals surface area contributed by atoms with Gasteiger partial charge >= 0.3 is 6.18 Å². The molecule has 72 valence electrons. The first-order valence-corrected chi connectivity index (χ1v) is 3.36. The molecule has 0 saturated carbocycles. The molecule has 0 aliphatic rings. The van der Waals surface area contributed by atoms with Crippen LogP contribution < -0.4 is 11.1 Å². The summed E-state index contributed by atoms with van der Waals surface area (Å²) >= 11 is 0. The molecule has 0 spiro atoms. The van der Waals surface area contributed by atoms with Crippen LogP contribution >= 0.6 is 0 Å². The van der Waals surface area contributed by atoms with Crippen molar-refractivity contribution >= 4 is 11.8 Å².